The molecule has 1 N–H and O–H groups in total. The van der Waals surface area contributed by atoms with Crippen LogP contribution < -0.4 is 10.1 Å². The van der Waals surface area contributed by atoms with E-state index in [2.05, 4.69) is 4.74 Å². The Bertz CT molecular complexity index is 797. The molecular formula is C19H19F4NO3. The summed E-state index contributed by atoms with van der Waals surface area (Å²) >= 11 is 0. The molecule has 0 aliphatic rings. The number of amides is 1. The number of hydrogen-bond acceptors (Lipinski definition) is 3. The molecule has 0 heterocycles. The summed E-state index contributed by atoms with van der Waals surface area (Å²) in [5.41, 5.74) is 1.38. The average molecular weight is 385 g/mol. The monoisotopic (exact) mass is 385 g/mol. The largest absolute Gasteiger partial charge is 0.489 e. The molecule has 0 bridgehead atoms. The predicted octanol–water partition coefficient (Wildman–Crippen LogP) is 5.85. The Morgan fingerprint density at radius 1 is 1.15 bits per heavy atom. The lowest BCUT2D eigenvalue weighted by Gasteiger charge is -2.17. The summed E-state index contributed by atoms with van der Waals surface area (Å²) < 4.78 is 60.2. The van der Waals surface area contributed by atoms with Crippen LogP contribution in [0.3, 0.4) is 0 Å². The second kappa shape index (κ2) is 9.25. The van der Waals surface area contributed by atoms with Crippen LogP contribution in [-0.2, 0) is 17.8 Å². The Balaban J connectivity index is 2.25. The molecule has 0 aromatic heterocycles. The number of hydrogen-bond donors (Lipinski definition) is 1. The third kappa shape index (κ3) is 5.60. The first-order valence-electron chi connectivity index (χ1n) is 8.19. The molecular weight excluding hydrogens is 366 g/mol. The highest BCUT2D eigenvalue weighted by Gasteiger charge is 2.20. The molecule has 0 atom stereocenters. The van der Waals surface area contributed by atoms with E-state index in [4.69, 9.17) is 4.74 Å². The molecule has 0 spiro atoms. The van der Waals surface area contributed by atoms with Crippen LogP contribution in [0.5, 0.6) is 5.75 Å². The number of carbonyl (C=O) groups is 1. The number of para-hydroxylation sites is 1. The highest BCUT2D eigenvalue weighted by Crippen LogP contribution is 2.31. The van der Waals surface area contributed by atoms with Gasteiger partial charge in [-0.15, -0.1) is 0 Å². The van der Waals surface area contributed by atoms with E-state index in [1.165, 1.54) is 12.1 Å². The Labute approximate surface area is 154 Å². The normalized spacial score (nSPS) is 11.0. The van der Waals surface area contributed by atoms with Gasteiger partial charge in [0.05, 0.1) is 5.69 Å². The summed E-state index contributed by atoms with van der Waals surface area (Å²) in [6, 6.07) is 9.52. The van der Waals surface area contributed by atoms with E-state index < -0.39 is 24.7 Å². The number of alkyl halides is 4. The van der Waals surface area contributed by atoms with Crippen LogP contribution in [0.2, 0.25) is 0 Å². The predicted molar refractivity (Wildman–Crippen MR) is 92.4 cm³/mol. The van der Waals surface area contributed by atoms with Crippen LogP contribution in [0.4, 0.5) is 28.0 Å². The van der Waals surface area contributed by atoms with E-state index in [-0.39, 0.29) is 17.9 Å². The van der Waals surface area contributed by atoms with Gasteiger partial charge in [0.2, 0.25) is 0 Å². The lowest BCUT2D eigenvalue weighted by Crippen LogP contribution is -2.19. The minimum atomic E-state index is -3.36. The van der Waals surface area contributed by atoms with E-state index in [1.807, 2.05) is 31.3 Å². The van der Waals surface area contributed by atoms with Crippen molar-refractivity contribution in [2.75, 3.05) is 5.32 Å². The highest BCUT2D eigenvalue weighted by atomic mass is 19.3. The van der Waals surface area contributed by atoms with Crippen LogP contribution in [0.15, 0.2) is 36.4 Å². The van der Waals surface area contributed by atoms with Gasteiger partial charge in [0.1, 0.15) is 12.4 Å². The van der Waals surface area contributed by atoms with Crippen LogP contribution in [0.25, 0.3) is 0 Å². The van der Waals surface area contributed by atoms with Gasteiger partial charge in [-0.05, 0) is 30.5 Å². The zero-order chi connectivity index (χ0) is 20.0. The number of ether oxygens (including phenoxy) is 2. The van der Waals surface area contributed by atoms with Gasteiger partial charge >= 0.3 is 12.7 Å². The molecule has 0 fully saturated rings. The maximum Gasteiger partial charge on any atom is 0.416 e. The lowest BCUT2D eigenvalue weighted by molar-refractivity contribution is -0.0766. The minimum Gasteiger partial charge on any atom is -0.489 e. The van der Waals surface area contributed by atoms with Crippen molar-refractivity contribution < 1.29 is 31.8 Å². The SMILES string of the molecule is CCc1ccc(OCc2cccc(C(F)F)c2NC(=O)OC(F)F)c(C)c1. The molecule has 0 aliphatic carbocycles. The van der Waals surface area contributed by atoms with Crippen molar-refractivity contribution in [3.05, 3.63) is 58.7 Å². The molecule has 0 radical (unpaired) electrons. The maximum atomic E-state index is 13.3. The Morgan fingerprint density at radius 3 is 2.48 bits per heavy atom. The molecule has 1 amide bonds. The summed E-state index contributed by atoms with van der Waals surface area (Å²) in [5.74, 6) is 0.552. The van der Waals surface area contributed by atoms with Crippen LogP contribution in [-0.4, -0.2) is 12.7 Å². The minimum absolute atomic E-state index is 0.142. The highest BCUT2D eigenvalue weighted by molar-refractivity contribution is 5.87. The molecule has 0 saturated carbocycles. The van der Waals surface area contributed by atoms with Crippen LogP contribution in [0.1, 0.15) is 35.6 Å². The second-order valence-corrected chi connectivity index (χ2v) is 5.72. The van der Waals surface area contributed by atoms with Crippen molar-refractivity contribution in [2.24, 2.45) is 0 Å². The first kappa shape index (κ1) is 20.5. The van der Waals surface area contributed by atoms with E-state index in [9.17, 15) is 22.4 Å². The van der Waals surface area contributed by atoms with Gasteiger partial charge in [0, 0.05) is 11.1 Å². The standard InChI is InChI=1S/C19H19F4NO3/c1-3-12-7-8-15(11(2)9-12)26-10-13-5-4-6-14(17(20)21)16(13)24-19(25)27-18(22)23/h4-9,17-18H,3,10H2,1-2H3,(H,24,25). The zero-order valence-electron chi connectivity index (χ0n) is 14.8. The Hall–Kier alpha value is -2.77. The summed E-state index contributed by atoms with van der Waals surface area (Å²) in [6.07, 6.45) is -3.59. The molecule has 8 heteroatoms. The number of aryl methyl sites for hydroxylation is 2. The number of nitrogens with one attached hydrogen (secondary N) is 1. The van der Waals surface area contributed by atoms with Crippen molar-refractivity contribution in [1.82, 2.24) is 0 Å². The Kier molecular flexibility index (Phi) is 7.04. The number of anilines is 1. The fourth-order valence-corrected chi connectivity index (χ4v) is 2.54. The van der Waals surface area contributed by atoms with Crippen LogP contribution >= 0.6 is 0 Å². The number of carbonyl (C=O) groups excluding carboxylic acids is 1. The maximum absolute atomic E-state index is 13.3. The van der Waals surface area contributed by atoms with Gasteiger partial charge in [0.25, 0.3) is 6.43 Å². The molecule has 27 heavy (non-hydrogen) atoms. The third-order valence-electron chi connectivity index (χ3n) is 3.87. The lowest BCUT2D eigenvalue weighted by atomic mass is 10.1. The molecule has 0 unspecified atom stereocenters. The van der Waals surface area contributed by atoms with E-state index in [0.717, 1.165) is 23.6 Å². The van der Waals surface area contributed by atoms with Crippen molar-refractivity contribution in [1.29, 1.82) is 0 Å². The quantitative estimate of drug-likeness (QED) is 0.609. The van der Waals surface area contributed by atoms with Gasteiger partial charge in [0.15, 0.2) is 0 Å². The van der Waals surface area contributed by atoms with E-state index in [0.29, 0.717) is 5.75 Å². The summed E-state index contributed by atoms with van der Waals surface area (Å²) in [7, 11) is 0. The van der Waals surface area contributed by atoms with Gasteiger partial charge in [-0.3, -0.25) is 5.32 Å². The van der Waals surface area contributed by atoms with Crippen molar-refractivity contribution >= 4 is 11.8 Å². The van der Waals surface area contributed by atoms with Crippen molar-refractivity contribution in [3.8, 4) is 5.75 Å². The molecule has 0 saturated heterocycles. The number of benzene rings is 2. The molecule has 2 aromatic rings. The van der Waals surface area contributed by atoms with Gasteiger partial charge in [-0.1, -0.05) is 37.3 Å². The van der Waals surface area contributed by atoms with Crippen molar-refractivity contribution in [3.63, 3.8) is 0 Å². The molecule has 146 valence electrons. The van der Waals surface area contributed by atoms with Crippen molar-refractivity contribution in [2.45, 2.75) is 39.9 Å². The topological polar surface area (TPSA) is 47.6 Å². The fraction of sp³-hybridized carbons (Fsp3) is 0.316. The zero-order valence-corrected chi connectivity index (χ0v) is 14.8. The van der Waals surface area contributed by atoms with Gasteiger partial charge in [-0.25, -0.2) is 13.6 Å². The average Bonchev–Trinajstić information content (AvgIpc) is 2.60. The molecule has 2 rings (SSSR count). The first-order valence-corrected chi connectivity index (χ1v) is 8.19. The Morgan fingerprint density at radius 2 is 1.89 bits per heavy atom. The number of rotatable bonds is 7. The van der Waals surface area contributed by atoms with Gasteiger partial charge in [-0.2, -0.15) is 8.78 Å². The molecule has 2 aromatic carbocycles. The third-order valence-corrected chi connectivity index (χ3v) is 3.87. The van der Waals surface area contributed by atoms with E-state index in [1.54, 1.807) is 6.07 Å². The fourth-order valence-electron chi connectivity index (χ4n) is 2.54. The smallest absolute Gasteiger partial charge is 0.416 e. The number of halogens is 4. The summed E-state index contributed by atoms with van der Waals surface area (Å²) in [4.78, 5) is 11.4. The van der Waals surface area contributed by atoms with Gasteiger partial charge < -0.3 is 9.47 Å². The summed E-state index contributed by atoms with van der Waals surface area (Å²) in [6.45, 7) is 0.366. The summed E-state index contributed by atoms with van der Waals surface area (Å²) in [5, 5.41) is 1.96. The van der Waals surface area contributed by atoms with Crippen LogP contribution in [0, 0.1) is 6.92 Å². The first-order chi connectivity index (χ1) is 12.8. The molecule has 4 nitrogen and oxygen atoms in total. The molecule has 0 aliphatic heterocycles. The second-order valence-electron chi connectivity index (χ2n) is 5.72. The van der Waals surface area contributed by atoms with E-state index >= 15 is 0 Å².